The van der Waals surface area contributed by atoms with Crippen LogP contribution in [0, 0.1) is 17.1 Å². The number of nitrogens with one attached hydrogen (secondary N) is 1. The van der Waals surface area contributed by atoms with Crippen LogP contribution >= 0.6 is 0 Å². The molecule has 0 aliphatic carbocycles. The Morgan fingerprint density at radius 1 is 1.35 bits per heavy atom. The number of nitriles is 1. The van der Waals surface area contributed by atoms with Crippen LogP contribution in [0.5, 0.6) is 0 Å². The topological polar surface area (TPSA) is 102 Å². The van der Waals surface area contributed by atoms with Crippen LogP contribution in [0.1, 0.15) is 12.5 Å². The van der Waals surface area contributed by atoms with Gasteiger partial charge in [0, 0.05) is 26.2 Å². The van der Waals surface area contributed by atoms with Crippen molar-refractivity contribution in [3.8, 4) is 6.07 Å². The van der Waals surface area contributed by atoms with E-state index in [4.69, 9.17) is 11.0 Å². The molecule has 1 atom stereocenters. The van der Waals surface area contributed by atoms with E-state index in [1.54, 1.807) is 19.1 Å². The lowest BCUT2D eigenvalue weighted by molar-refractivity contribution is -0.124. The number of anilines is 1. The molecule has 0 aromatic heterocycles. The van der Waals surface area contributed by atoms with E-state index >= 15 is 0 Å². The van der Waals surface area contributed by atoms with E-state index in [1.807, 2.05) is 15.9 Å². The molecule has 3 N–H and O–H groups in total. The lowest BCUT2D eigenvalue weighted by atomic mass is 10.1. The number of hydrogen-bond donors (Lipinski definition) is 2. The minimum absolute atomic E-state index is 0.0282. The average Bonchev–Trinajstić information content (AvgIpc) is 2.53. The van der Waals surface area contributed by atoms with Crippen molar-refractivity contribution in [2.24, 2.45) is 5.73 Å². The molecule has 0 unspecified atom stereocenters. The minimum atomic E-state index is -0.876. The largest absolute Gasteiger partial charge is 0.368 e. The Morgan fingerprint density at radius 2 is 2.00 bits per heavy atom. The van der Waals surface area contributed by atoms with Gasteiger partial charge in [-0.3, -0.25) is 15.0 Å². The Morgan fingerprint density at radius 3 is 2.57 bits per heavy atom. The summed E-state index contributed by atoms with van der Waals surface area (Å²) in [6.45, 7) is 3.89. The second-order valence-electron chi connectivity index (χ2n) is 5.30. The van der Waals surface area contributed by atoms with Gasteiger partial charge in [-0.2, -0.15) is 5.26 Å². The highest BCUT2D eigenvalue weighted by atomic mass is 19.1. The fraction of sp³-hybridized carbons (Fsp3) is 0.400. The predicted molar refractivity (Wildman–Crippen MR) is 82.1 cm³/mol. The van der Waals surface area contributed by atoms with Gasteiger partial charge in [-0.1, -0.05) is 6.07 Å². The lowest BCUT2D eigenvalue weighted by Gasteiger charge is -2.38. The number of imide groups is 1. The normalized spacial score (nSPS) is 16.5. The highest BCUT2D eigenvalue weighted by Gasteiger charge is 2.27. The molecule has 0 bridgehead atoms. The molecule has 8 heteroatoms. The van der Waals surface area contributed by atoms with Gasteiger partial charge in [0.1, 0.15) is 17.4 Å². The zero-order valence-electron chi connectivity index (χ0n) is 12.8. The minimum Gasteiger partial charge on any atom is -0.368 e. The van der Waals surface area contributed by atoms with Crippen LogP contribution in [-0.4, -0.2) is 49.1 Å². The van der Waals surface area contributed by atoms with E-state index in [0.29, 0.717) is 31.9 Å². The molecule has 0 saturated carbocycles. The third kappa shape index (κ3) is 3.76. The van der Waals surface area contributed by atoms with E-state index in [-0.39, 0.29) is 5.56 Å². The Kier molecular flexibility index (Phi) is 5.13. The van der Waals surface area contributed by atoms with E-state index < -0.39 is 23.8 Å². The summed E-state index contributed by atoms with van der Waals surface area (Å²) in [6, 6.07) is 5.06. The van der Waals surface area contributed by atoms with Crippen LogP contribution in [-0.2, 0) is 4.79 Å². The molecule has 1 saturated heterocycles. The molecule has 1 heterocycles. The molecule has 1 aliphatic rings. The maximum absolute atomic E-state index is 13.7. The monoisotopic (exact) mass is 319 g/mol. The van der Waals surface area contributed by atoms with Gasteiger partial charge in [0.2, 0.25) is 5.91 Å². The summed E-state index contributed by atoms with van der Waals surface area (Å²) in [7, 11) is 0. The second-order valence-corrected chi connectivity index (χ2v) is 5.30. The van der Waals surface area contributed by atoms with Crippen molar-refractivity contribution in [2.45, 2.75) is 13.0 Å². The van der Waals surface area contributed by atoms with Gasteiger partial charge in [0.15, 0.2) is 0 Å². The molecule has 1 aromatic rings. The molecule has 7 nitrogen and oxygen atoms in total. The standard InChI is InChI=1S/C15H18FN5O2/c1-10(14(22)19-15(18)23)20-5-7-21(8-6-20)13-4-2-3-12(16)11(13)9-17/h2-4,10H,5-8H2,1H3,(H3,18,19,22,23)/t10-/m1/s1. The Hall–Kier alpha value is -2.66. The molecule has 0 radical (unpaired) electrons. The number of rotatable bonds is 3. The van der Waals surface area contributed by atoms with Crippen LogP contribution in [0.2, 0.25) is 0 Å². The second kappa shape index (κ2) is 7.07. The highest BCUT2D eigenvalue weighted by molar-refractivity contribution is 5.96. The SMILES string of the molecule is C[C@H](C(=O)NC(N)=O)N1CCN(c2cccc(F)c2C#N)CC1. The quantitative estimate of drug-likeness (QED) is 0.839. The first-order chi connectivity index (χ1) is 10.9. The Bertz CT molecular complexity index is 650. The molecule has 1 fully saturated rings. The van der Waals surface area contributed by atoms with Gasteiger partial charge < -0.3 is 10.6 Å². The van der Waals surface area contributed by atoms with Crippen molar-refractivity contribution in [3.63, 3.8) is 0 Å². The number of primary amides is 1. The Balaban J connectivity index is 2.02. The molecule has 1 aliphatic heterocycles. The number of piperazine rings is 1. The van der Waals surface area contributed by atoms with Crippen LogP contribution < -0.4 is 16.0 Å². The third-order valence-corrected chi connectivity index (χ3v) is 3.93. The highest BCUT2D eigenvalue weighted by Crippen LogP contribution is 2.24. The number of carbonyl (C=O) groups excluding carboxylic acids is 2. The first kappa shape index (κ1) is 16.7. The molecule has 0 spiro atoms. The van der Waals surface area contributed by atoms with Crippen LogP contribution in [0.4, 0.5) is 14.9 Å². The molecular weight excluding hydrogens is 301 g/mol. The molecule has 1 aromatic carbocycles. The maximum atomic E-state index is 13.7. The summed E-state index contributed by atoms with van der Waals surface area (Å²) >= 11 is 0. The van der Waals surface area contributed by atoms with Crippen LogP contribution in [0.3, 0.4) is 0 Å². The van der Waals surface area contributed by atoms with Gasteiger partial charge in [0.05, 0.1) is 11.7 Å². The van der Waals surface area contributed by atoms with E-state index in [2.05, 4.69) is 5.32 Å². The number of halogens is 1. The summed E-state index contributed by atoms with van der Waals surface area (Å²) in [5.41, 5.74) is 5.53. The number of nitrogens with two attached hydrogens (primary N) is 1. The number of carbonyl (C=O) groups is 2. The summed E-state index contributed by atoms with van der Waals surface area (Å²) in [5.74, 6) is -0.990. The number of urea groups is 1. The third-order valence-electron chi connectivity index (χ3n) is 3.93. The molecule has 3 amide bonds. The van der Waals surface area contributed by atoms with Crippen molar-refractivity contribution in [1.29, 1.82) is 5.26 Å². The van der Waals surface area contributed by atoms with E-state index in [0.717, 1.165) is 0 Å². The fourth-order valence-corrected chi connectivity index (χ4v) is 2.63. The summed E-state index contributed by atoms with van der Waals surface area (Å²) < 4.78 is 13.7. The molecular formula is C15H18FN5O2. The van der Waals surface area contributed by atoms with E-state index in [1.165, 1.54) is 6.07 Å². The zero-order chi connectivity index (χ0) is 17.0. The number of hydrogen-bond acceptors (Lipinski definition) is 5. The number of amides is 3. The maximum Gasteiger partial charge on any atom is 0.318 e. The summed E-state index contributed by atoms with van der Waals surface area (Å²) in [6.07, 6.45) is 0. The van der Waals surface area contributed by atoms with Gasteiger partial charge in [-0.15, -0.1) is 0 Å². The van der Waals surface area contributed by atoms with E-state index in [9.17, 15) is 14.0 Å². The van der Waals surface area contributed by atoms with Gasteiger partial charge in [-0.25, -0.2) is 9.18 Å². The van der Waals surface area contributed by atoms with Crippen LogP contribution in [0.25, 0.3) is 0 Å². The van der Waals surface area contributed by atoms with Crippen molar-refractivity contribution in [1.82, 2.24) is 10.2 Å². The summed E-state index contributed by atoms with van der Waals surface area (Å²) in [4.78, 5) is 26.3. The Labute approximate surface area is 133 Å². The summed E-state index contributed by atoms with van der Waals surface area (Å²) in [5, 5.41) is 11.2. The van der Waals surface area contributed by atoms with Crippen molar-refractivity contribution in [3.05, 3.63) is 29.6 Å². The smallest absolute Gasteiger partial charge is 0.318 e. The van der Waals surface area contributed by atoms with Crippen LogP contribution in [0.15, 0.2) is 18.2 Å². The van der Waals surface area contributed by atoms with Crippen molar-refractivity contribution < 1.29 is 14.0 Å². The molecule has 23 heavy (non-hydrogen) atoms. The first-order valence-corrected chi connectivity index (χ1v) is 7.22. The predicted octanol–water partition coefficient (Wildman–Crippen LogP) is 0.403. The van der Waals surface area contributed by atoms with Gasteiger partial charge >= 0.3 is 6.03 Å². The zero-order valence-corrected chi connectivity index (χ0v) is 12.8. The number of nitrogens with zero attached hydrogens (tertiary/aromatic N) is 3. The van der Waals surface area contributed by atoms with Gasteiger partial charge in [0.25, 0.3) is 0 Å². The van der Waals surface area contributed by atoms with Crippen molar-refractivity contribution >= 4 is 17.6 Å². The molecule has 122 valence electrons. The van der Waals surface area contributed by atoms with Crippen molar-refractivity contribution in [2.75, 3.05) is 31.1 Å². The van der Waals surface area contributed by atoms with Gasteiger partial charge in [-0.05, 0) is 19.1 Å². The first-order valence-electron chi connectivity index (χ1n) is 7.22. The number of benzene rings is 1. The molecule has 2 rings (SSSR count). The average molecular weight is 319 g/mol. The lowest BCUT2D eigenvalue weighted by Crippen LogP contribution is -2.55. The fourth-order valence-electron chi connectivity index (χ4n) is 2.63.